The number of halogens is 5. The second-order valence-corrected chi connectivity index (χ2v) is 9.06. The number of benzene rings is 2. The van der Waals surface area contributed by atoms with Gasteiger partial charge < -0.3 is 19.9 Å². The van der Waals surface area contributed by atoms with Crippen molar-refractivity contribution in [3.63, 3.8) is 0 Å². The van der Waals surface area contributed by atoms with Gasteiger partial charge in [-0.05, 0) is 49.6 Å². The van der Waals surface area contributed by atoms with Crippen LogP contribution in [-0.2, 0) is 11.3 Å². The van der Waals surface area contributed by atoms with Crippen LogP contribution in [0.25, 0.3) is 5.69 Å². The van der Waals surface area contributed by atoms with E-state index in [1.54, 1.807) is 30.3 Å². The first-order valence-electron chi connectivity index (χ1n) is 12.6. The summed E-state index contributed by atoms with van der Waals surface area (Å²) in [5.41, 5.74) is 2.53. The molecule has 0 spiro atoms. The highest BCUT2D eigenvalue weighted by atomic mass is 19.4. The smallest absolute Gasteiger partial charge is 0.490 e. The van der Waals surface area contributed by atoms with Crippen molar-refractivity contribution in [3.8, 4) is 17.2 Å². The number of aromatic nitrogens is 6. The third kappa shape index (κ3) is 7.50. The fourth-order valence-electron chi connectivity index (χ4n) is 4.30. The number of aryl methyl sites for hydroxylation is 2. The predicted molar refractivity (Wildman–Crippen MR) is 138 cm³/mol. The number of anilines is 2. The molecule has 42 heavy (non-hydrogen) atoms. The third-order valence-electron chi connectivity index (χ3n) is 6.16. The Kier molecular flexibility index (Phi) is 9.22. The lowest BCUT2D eigenvalue weighted by molar-refractivity contribution is -0.192. The van der Waals surface area contributed by atoms with Crippen LogP contribution in [-0.4, -0.2) is 60.5 Å². The first-order chi connectivity index (χ1) is 19.9. The fraction of sp³-hybridized carbons (Fsp3) is 0.346. The van der Waals surface area contributed by atoms with Gasteiger partial charge >= 0.3 is 18.8 Å². The summed E-state index contributed by atoms with van der Waals surface area (Å²) in [6.07, 6.45) is -0.541. The summed E-state index contributed by atoms with van der Waals surface area (Å²) in [6.45, 7) is -0.254. The summed E-state index contributed by atoms with van der Waals surface area (Å²) >= 11 is 0. The van der Waals surface area contributed by atoms with Gasteiger partial charge in [0.05, 0.1) is 7.11 Å². The number of alkyl halides is 5. The van der Waals surface area contributed by atoms with Gasteiger partial charge in [0.15, 0.2) is 0 Å². The van der Waals surface area contributed by atoms with Crippen LogP contribution in [0.3, 0.4) is 0 Å². The second-order valence-electron chi connectivity index (χ2n) is 9.06. The molecule has 1 aliphatic heterocycles. The molecule has 0 amide bonds. The molecule has 0 saturated heterocycles. The average molecular weight is 596 g/mol. The number of carbonyl (C=O) groups is 1. The summed E-state index contributed by atoms with van der Waals surface area (Å²) in [6, 6.07) is 12.4. The van der Waals surface area contributed by atoms with Gasteiger partial charge in [-0.1, -0.05) is 18.6 Å². The minimum Gasteiger partial charge on any atom is -0.494 e. The van der Waals surface area contributed by atoms with E-state index in [1.165, 1.54) is 0 Å². The Hall–Kier alpha value is -4.76. The Morgan fingerprint density at radius 3 is 2.43 bits per heavy atom. The van der Waals surface area contributed by atoms with Crippen molar-refractivity contribution >= 4 is 17.6 Å². The zero-order valence-corrected chi connectivity index (χ0v) is 22.3. The molecular weight excluding hydrogens is 569 g/mol. The minimum absolute atomic E-state index is 0.00798. The van der Waals surface area contributed by atoms with Crippen LogP contribution < -0.4 is 14.8 Å². The number of hydrogen-bond donors (Lipinski definition) is 2. The molecular formula is C26H26F5N7O4. The van der Waals surface area contributed by atoms with Gasteiger partial charge in [0.1, 0.15) is 35.2 Å². The van der Waals surface area contributed by atoms with Gasteiger partial charge in [0.2, 0.25) is 5.95 Å². The van der Waals surface area contributed by atoms with Gasteiger partial charge in [-0.25, -0.2) is 19.1 Å². The number of methoxy groups -OCH3 is 1. The van der Waals surface area contributed by atoms with Gasteiger partial charge in [0, 0.05) is 24.2 Å². The number of nitrogens with one attached hydrogen (secondary N) is 1. The SMILES string of the molecule is COc1cc(Nc2nc3n(n2)CCCCC3c2ccc(OC(F)F)cc2)ccc1-n1cnc(C)n1.O=C(O)C(F)(F)F. The van der Waals surface area contributed by atoms with E-state index in [1.807, 2.05) is 41.9 Å². The Bertz CT molecular complexity index is 1510. The molecule has 16 heteroatoms. The Balaban J connectivity index is 0.000000517. The monoisotopic (exact) mass is 595 g/mol. The topological polar surface area (TPSA) is 129 Å². The Labute approximate surface area is 235 Å². The molecule has 4 aromatic rings. The van der Waals surface area contributed by atoms with E-state index >= 15 is 0 Å². The number of hydrogen-bond acceptors (Lipinski definition) is 8. The maximum Gasteiger partial charge on any atom is 0.490 e. The Morgan fingerprint density at radius 2 is 1.83 bits per heavy atom. The molecule has 0 aliphatic carbocycles. The highest BCUT2D eigenvalue weighted by Gasteiger charge is 2.38. The third-order valence-corrected chi connectivity index (χ3v) is 6.16. The number of nitrogens with zero attached hydrogens (tertiary/aromatic N) is 6. The molecule has 224 valence electrons. The van der Waals surface area contributed by atoms with Crippen molar-refractivity contribution < 1.29 is 41.3 Å². The molecule has 2 N–H and O–H groups in total. The lowest BCUT2D eigenvalue weighted by Crippen LogP contribution is -2.21. The van der Waals surface area contributed by atoms with Gasteiger partial charge in [-0.3, -0.25) is 0 Å². The molecule has 11 nitrogen and oxygen atoms in total. The highest BCUT2D eigenvalue weighted by Crippen LogP contribution is 2.34. The molecule has 1 unspecified atom stereocenters. The van der Waals surface area contributed by atoms with E-state index in [4.69, 9.17) is 19.6 Å². The number of carboxylic acid groups (broad SMARTS) is 1. The largest absolute Gasteiger partial charge is 0.494 e. The standard InChI is InChI=1S/C24H25F2N7O2.C2HF3O2/c1-15-27-14-33(30-15)20-11-8-17(13-21(20)34-2)28-24-29-22-19(5-3-4-12-32(22)31-24)16-6-9-18(10-7-16)35-23(25)26;3-2(4,5)1(6)7/h6-11,13-14,19,23H,3-5,12H2,1-2H3,(H,28,31);(H,6,7). The lowest BCUT2D eigenvalue weighted by atomic mass is 9.93. The van der Waals surface area contributed by atoms with E-state index in [0.717, 1.165) is 48.6 Å². The van der Waals surface area contributed by atoms with Crippen molar-refractivity contribution in [2.75, 3.05) is 12.4 Å². The number of ether oxygens (including phenoxy) is 2. The van der Waals surface area contributed by atoms with E-state index < -0.39 is 18.8 Å². The van der Waals surface area contributed by atoms with Crippen LogP contribution in [0.5, 0.6) is 11.5 Å². The van der Waals surface area contributed by atoms with Crippen LogP contribution in [0.4, 0.5) is 33.6 Å². The predicted octanol–water partition coefficient (Wildman–Crippen LogP) is 5.47. The van der Waals surface area contributed by atoms with Crippen molar-refractivity contribution in [2.24, 2.45) is 0 Å². The highest BCUT2D eigenvalue weighted by molar-refractivity contribution is 5.73. The average Bonchev–Trinajstić information content (AvgIpc) is 3.49. The maximum atomic E-state index is 12.5. The number of carboxylic acids is 1. The summed E-state index contributed by atoms with van der Waals surface area (Å²) in [4.78, 5) is 17.9. The maximum absolute atomic E-state index is 12.5. The van der Waals surface area contributed by atoms with Crippen molar-refractivity contribution in [1.82, 2.24) is 29.5 Å². The van der Waals surface area contributed by atoms with Crippen molar-refractivity contribution in [1.29, 1.82) is 0 Å². The van der Waals surface area contributed by atoms with Crippen LogP contribution in [0.15, 0.2) is 48.8 Å². The van der Waals surface area contributed by atoms with Gasteiger partial charge in [-0.15, -0.1) is 5.10 Å². The fourth-order valence-corrected chi connectivity index (χ4v) is 4.30. The second kappa shape index (κ2) is 12.8. The zero-order valence-electron chi connectivity index (χ0n) is 22.3. The molecule has 2 aromatic carbocycles. The zero-order chi connectivity index (χ0) is 30.4. The van der Waals surface area contributed by atoms with Crippen LogP contribution in [0, 0.1) is 6.92 Å². The summed E-state index contributed by atoms with van der Waals surface area (Å²) in [5, 5.41) is 19.4. The van der Waals surface area contributed by atoms with Gasteiger partial charge in [-0.2, -0.15) is 32.0 Å². The van der Waals surface area contributed by atoms with Crippen LogP contribution >= 0.6 is 0 Å². The molecule has 0 bridgehead atoms. The quantitative estimate of drug-likeness (QED) is 0.267. The molecule has 0 radical (unpaired) electrons. The van der Waals surface area contributed by atoms with E-state index in [2.05, 4.69) is 25.2 Å². The van der Waals surface area contributed by atoms with Gasteiger partial charge in [0.25, 0.3) is 0 Å². The molecule has 1 aliphatic rings. The normalized spacial score (nSPS) is 14.8. The summed E-state index contributed by atoms with van der Waals surface area (Å²) < 4.78 is 70.4. The molecule has 0 saturated carbocycles. The first kappa shape index (κ1) is 30.2. The summed E-state index contributed by atoms with van der Waals surface area (Å²) in [7, 11) is 1.60. The number of aliphatic carboxylic acids is 1. The molecule has 5 rings (SSSR count). The molecule has 2 aromatic heterocycles. The Morgan fingerprint density at radius 1 is 1.12 bits per heavy atom. The first-order valence-corrected chi connectivity index (χ1v) is 12.6. The number of fused-ring (bicyclic) bond motifs is 1. The molecule has 1 atom stereocenters. The van der Waals surface area contributed by atoms with Crippen LogP contribution in [0.1, 0.15) is 42.4 Å². The minimum atomic E-state index is -5.08. The van der Waals surface area contributed by atoms with E-state index in [9.17, 15) is 22.0 Å². The van der Waals surface area contributed by atoms with Crippen molar-refractivity contribution in [2.45, 2.75) is 51.4 Å². The van der Waals surface area contributed by atoms with Crippen LogP contribution in [0.2, 0.25) is 0 Å². The van der Waals surface area contributed by atoms with E-state index in [-0.39, 0.29) is 11.7 Å². The summed E-state index contributed by atoms with van der Waals surface area (Å²) in [5.74, 6) is 0.0132. The van der Waals surface area contributed by atoms with E-state index in [0.29, 0.717) is 17.5 Å². The molecule has 0 fully saturated rings. The lowest BCUT2D eigenvalue weighted by Gasteiger charge is -2.15. The van der Waals surface area contributed by atoms with Crippen molar-refractivity contribution in [3.05, 3.63) is 66.0 Å². The number of rotatable bonds is 7. The molecule has 3 heterocycles.